The summed E-state index contributed by atoms with van der Waals surface area (Å²) in [4.78, 5) is 9.09. The molecule has 1 aliphatic rings. The minimum absolute atomic E-state index is 0. The summed E-state index contributed by atoms with van der Waals surface area (Å²) in [7, 11) is 0. The molecule has 2 rings (SSSR count). The van der Waals surface area contributed by atoms with Crippen molar-refractivity contribution in [3.05, 3.63) is 28.7 Å². The van der Waals surface area contributed by atoms with Crippen molar-refractivity contribution in [2.45, 2.75) is 45.1 Å². The summed E-state index contributed by atoms with van der Waals surface area (Å²) in [6.07, 6.45) is 7.70. The van der Waals surface area contributed by atoms with Crippen molar-refractivity contribution in [3.63, 3.8) is 0 Å². The molecule has 0 saturated heterocycles. The molecule has 118 valence electrons. The van der Waals surface area contributed by atoms with Gasteiger partial charge in [-0.3, -0.25) is 4.99 Å². The molecule has 6 heteroatoms. The molecule has 1 saturated carbocycles. The molecule has 0 amide bonds. The lowest BCUT2D eigenvalue weighted by Gasteiger charge is -2.10. The average Bonchev–Trinajstić information content (AvgIpc) is 3.16. The first kappa shape index (κ1) is 18.4. The number of nitrogens with zero attached hydrogens (tertiary/aromatic N) is 2. The highest BCUT2D eigenvalue weighted by molar-refractivity contribution is 14.0. The number of unbranched alkanes of at least 4 members (excludes halogenated alkanes) is 1. The zero-order valence-electron chi connectivity index (χ0n) is 12.6. The van der Waals surface area contributed by atoms with Crippen LogP contribution in [0.5, 0.6) is 0 Å². The van der Waals surface area contributed by atoms with Gasteiger partial charge in [0.1, 0.15) is 0 Å². The standard InChI is InChI=1S/C15H24N4S.HI/c1-3-9-16-15(19-13-7-8-13)17-10-5-4-6-14-18-12(2)11-20-14;/h3,11,13H,1,4-10H2,2H3,(H2,16,17,19);1H. The van der Waals surface area contributed by atoms with Crippen LogP contribution in [-0.4, -0.2) is 30.1 Å². The third-order valence-corrected chi connectivity index (χ3v) is 4.09. The second-order valence-electron chi connectivity index (χ2n) is 5.16. The van der Waals surface area contributed by atoms with Crippen molar-refractivity contribution >= 4 is 41.3 Å². The van der Waals surface area contributed by atoms with Gasteiger partial charge in [-0.25, -0.2) is 4.98 Å². The molecule has 0 atom stereocenters. The zero-order chi connectivity index (χ0) is 14.2. The lowest BCUT2D eigenvalue weighted by Crippen LogP contribution is -2.38. The van der Waals surface area contributed by atoms with Crippen molar-refractivity contribution in [2.24, 2.45) is 4.99 Å². The quantitative estimate of drug-likeness (QED) is 0.223. The first-order valence-corrected chi connectivity index (χ1v) is 8.22. The summed E-state index contributed by atoms with van der Waals surface area (Å²) in [5, 5.41) is 10.0. The summed E-state index contributed by atoms with van der Waals surface area (Å²) < 4.78 is 0. The average molecular weight is 420 g/mol. The predicted molar refractivity (Wildman–Crippen MR) is 102 cm³/mol. The predicted octanol–water partition coefficient (Wildman–Crippen LogP) is 3.28. The van der Waals surface area contributed by atoms with Crippen LogP contribution in [0.2, 0.25) is 0 Å². The number of nitrogens with one attached hydrogen (secondary N) is 2. The molecule has 1 aromatic heterocycles. The fourth-order valence-electron chi connectivity index (χ4n) is 1.84. The van der Waals surface area contributed by atoms with Gasteiger partial charge in [0.05, 0.1) is 5.01 Å². The number of aryl methyl sites for hydroxylation is 2. The van der Waals surface area contributed by atoms with E-state index in [-0.39, 0.29) is 24.0 Å². The summed E-state index contributed by atoms with van der Waals surface area (Å²) in [6, 6.07) is 0.629. The number of halogens is 1. The molecule has 1 fully saturated rings. The summed E-state index contributed by atoms with van der Waals surface area (Å²) >= 11 is 1.76. The van der Waals surface area contributed by atoms with Gasteiger partial charge in [-0.2, -0.15) is 0 Å². The molecular formula is C15H25IN4S. The maximum Gasteiger partial charge on any atom is 0.191 e. The van der Waals surface area contributed by atoms with Gasteiger partial charge in [-0.05, 0) is 39.0 Å². The van der Waals surface area contributed by atoms with Crippen LogP contribution in [0.3, 0.4) is 0 Å². The smallest absolute Gasteiger partial charge is 0.191 e. The Kier molecular flexibility index (Phi) is 8.91. The number of hydrogen-bond acceptors (Lipinski definition) is 3. The largest absolute Gasteiger partial charge is 0.354 e. The van der Waals surface area contributed by atoms with Crippen molar-refractivity contribution in [1.82, 2.24) is 15.6 Å². The maximum absolute atomic E-state index is 4.61. The number of aliphatic imine (C=N–C) groups is 1. The van der Waals surface area contributed by atoms with Gasteiger partial charge in [-0.15, -0.1) is 41.9 Å². The van der Waals surface area contributed by atoms with E-state index in [1.807, 2.05) is 13.0 Å². The van der Waals surface area contributed by atoms with Crippen molar-refractivity contribution in [3.8, 4) is 0 Å². The van der Waals surface area contributed by atoms with Gasteiger partial charge in [0.25, 0.3) is 0 Å². The molecular weight excluding hydrogens is 395 g/mol. The molecule has 4 nitrogen and oxygen atoms in total. The molecule has 1 aromatic rings. The monoisotopic (exact) mass is 420 g/mol. The van der Waals surface area contributed by atoms with Gasteiger partial charge >= 0.3 is 0 Å². The molecule has 0 radical (unpaired) electrons. The Bertz CT molecular complexity index is 454. The number of hydrogen-bond donors (Lipinski definition) is 2. The van der Waals surface area contributed by atoms with Gasteiger partial charge in [0, 0.05) is 30.2 Å². The third-order valence-electron chi connectivity index (χ3n) is 3.07. The maximum atomic E-state index is 4.61. The summed E-state index contributed by atoms with van der Waals surface area (Å²) in [6.45, 7) is 7.39. The summed E-state index contributed by atoms with van der Waals surface area (Å²) in [5.41, 5.74) is 1.13. The van der Waals surface area contributed by atoms with Gasteiger partial charge < -0.3 is 10.6 Å². The number of guanidine groups is 1. The first-order valence-electron chi connectivity index (χ1n) is 7.34. The third kappa shape index (κ3) is 7.80. The SMILES string of the molecule is C=CCNC(=NCCCCc1nc(C)cs1)NC1CC1.I. The number of aromatic nitrogens is 1. The number of thiazole rings is 1. The minimum Gasteiger partial charge on any atom is -0.354 e. The molecule has 1 aliphatic carbocycles. The Hall–Kier alpha value is -0.630. The molecule has 1 heterocycles. The Labute approximate surface area is 148 Å². The first-order chi connectivity index (χ1) is 9.78. The zero-order valence-corrected chi connectivity index (χ0v) is 15.7. The van der Waals surface area contributed by atoms with E-state index >= 15 is 0 Å². The second-order valence-corrected chi connectivity index (χ2v) is 6.10. The van der Waals surface area contributed by atoms with E-state index < -0.39 is 0 Å². The van der Waals surface area contributed by atoms with Crippen LogP contribution in [0.4, 0.5) is 0 Å². The van der Waals surface area contributed by atoms with Gasteiger partial charge in [0.2, 0.25) is 0 Å². The van der Waals surface area contributed by atoms with Gasteiger partial charge in [-0.1, -0.05) is 6.08 Å². The molecule has 0 aliphatic heterocycles. The second kappa shape index (κ2) is 10.2. The fraction of sp³-hybridized carbons (Fsp3) is 0.600. The molecule has 2 N–H and O–H groups in total. The van der Waals surface area contributed by atoms with E-state index in [0.29, 0.717) is 6.04 Å². The Morgan fingerprint density at radius 3 is 2.95 bits per heavy atom. The fourth-order valence-corrected chi connectivity index (χ4v) is 2.66. The van der Waals surface area contributed by atoms with Crippen LogP contribution in [0.15, 0.2) is 23.0 Å². The highest BCUT2D eigenvalue weighted by atomic mass is 127. The van der Waals surface area contributed by atoms with Crippen molar-refractivity contribution in [2.75, 3.05) is 13.1 Å². The Balaban J connectivity index is 0.00000220. The molecule has 0 aromatic carbocycles. The van der Waals surface area contributed by atoms with E-state index in [2.05, 4.69) is 32.6 Å². The normalized spacial score (nSPS) is 14.4. The van der Waals surface area contributed by atoms with Crippen LogP contribution in [-0.2, 0) is 6.42 Å². The lowest BCUT2D eigenvalue weighted by molar-refractivity contribution is 0.730. The lowest BCUT2D eigenvalue weighted by atomic mass is 10.2. The molecule has 0 bridgehead atoms. The van der Waals surface area contributed by atoms with E-state index in [1.165, 1.54) is 17.8 Å². The minimum atomic E-state index is 0. The van der Waals surface area contributed by atoms with Crippen LogP contribution < -0.4 is 10.6 Å². The van der Waals surface area contributed by atoms with Crippen LogP contribution in [0.25, 0.3) is 0 Å². The van der Waals surface area contributed by atoms with Crippen LogP contribution in [0.1, 0.15) is 36.4 Å². The summed E-state index contributed by atoms with van der Waals surface area (Å²) in [5.74, 6) is 0.928. The van der Waals surface area contributed by atoms with Crippen LogP contribution in [0, 0.1) is 6.92 Å². The molecule has 0 unspecified atom stereocenters. The molecule has 21 heavy (non-hydrogen) atoms. The Morgan fingerprint density at radius 2 is 2.33 bits per heavy atom. The Morgan fingerprint density at radius 1 is 1.52 bits per heavy atom. The number of rotatable bonds is 8. The van der Waals surface area contributed by atoms with Gasteiger partial charge in [0.15, 0.2) is 5.96 Å². The molecule has 0 spiro atoms. The van der Waals surface area contributed by atoms with Crippen molar-refractivity contribution in [1.29, 1.82) is 0 Å². The van der Waals surface area contributed by atoms with E-state index in [4.69, 9.17) is 0 Å². The topological polar surface area (TPSA) is 49.3 Å². The highest BCUT2D eigenvalue weighted by Gasteiger charge is 2.21. The van der Waals surface area contributed by atoms with E-state index in [1.54, 1.807) is 11.3 Å². The van der Waals surface area contributed by atoms with E-state index in [0.717, 1.165) is 44.0 Å². The van der Waals surface area contributed by atoms with Crippen LogP contribution >= 0.6 is 35.3 Å². The highest BCUT2D eigenvalue weighted by Crippen LogP contribution is 2.18. The van der Waals surface area contributed by atoms with Crippen molar-refractivity contribution < 1.29 is 0 Å². The van der Waals surface area contributed by atoms with E-state index in [9.17, 15) is 0 Å².